The summed E-state index contributed by atoms with van der Waals surface area (Å²) in [6, 6.07) is 26.5. The van der Waals surface area contributed by atoms with Crippen molar-refractivity contribution < 1.29 is 14.3 Å². The van der Waals surface area contributed by atoms with Gasteiger partial charge >= 0.3 is 6.02 Å². The Morgan fingerprint density at radius 2 is 1.60 bits per heavy atom. The molecule has 5 rings (SSSR count). The lowest BCUT2D eigenvalue weighted by molar-refractivity contribution is -0.129. The van der Waals surface area contributed by atoms with Crippen molar-refractivity contribution in [3.8, 4) is 5.75 Å². The molecule has 0 aromatic heterocycles. The number of hydrazine groups is 1. The van der Waals surface area contributed by atoms with Crippen LogP contribution in [0.2, 0.25) is 0 Å². The minimum absolute atomic E-state index is 0.143. The molecular formula is C27H29N5O3. The first-order valence-electron chi connectivity index (χ1n) is 11.8. The summed E-state index contributed by atoms with van der Waals surface area (Å²) in [6.45, 7) is 5.74. The Balaban J connectivity index is 1.14. The number of rotatable bonds is 6. The number of benzene rings is 3. The minimum atomic E-state index is 0.143. The lowest BCUT2D eigenvalue weighted by Crippen LogP contribution is -2.48. The van der Waals surface area contributed by atoms with Gasteiger partial charge in [-0.15, -0.1) is 0 Å². The molecule has 0 bridgehead atoms. The van der Waals surface area contributed by atoms with Crippen molar-refractivity contribution in [3.63, 3.8) is 0 Å². The summed E-state index contributed by atoms with van der Waals surface area (Å²) >= 11 is 0. The Hall–Kier alpha value is -4.20. The SMILES string of the molecule is CC(=O)N1CCN(c2ccc(N3COC(=Nc4ccc(OCc5ccccc5)cc4)N3)cc2)CC1. The molecule has 0 saturated carbocycles. The topological polar surface area (TPSA) is 69.6 Å². The molecule has 0 unspecified atom stereocenters. The van der Waals surface area contributed by atoms with Gasteiger partial charge in [-0.3, -0.25) is 4.79 Å². The van der Waals surface area contributed by atoms with Crippen molar-refractivity contribution in [2.75, 3.05) is 42.8 Å². The molecule has 1 amide bonds. The standard InChI is InChI=1S/C27H29N5O3/c1-21(33)30-15-17-31(18-16-30)24-9-11-25(12-10-24)32-20-35-27(29-32)28-23-7-13-26(14-8-23)34-19-22-5-3-2-4-6-22/h2-14H,15-20H2,1H3,(H,28,29). The molecule has 0 spiro atoms. The van der Waals surface area contributed by atoms with Crippen molar-refractivity contribution in [2.24, 2.45) is 4.99 Å². The van der Waals surface area contributed by atoms with E-state index in [9.17, 15) is 4.79 Å². The highest BCUT2D eigenvalue weighted by Crippen LogP contribution is 2.24. The van der Waals surface area contributed by atoms with Gasteiger partial charge in [0.2, 0.25) is 5.91 Å². The van der Waals surface area contributed by atoms with Crippen molar-refractivity contribution in [1.82, 2.24) is 10.3 Å². The van der Waals surface area contributed by atoms with E-state index < -0.39 is 0 Å². The van der Waals surface area contributed by atoms with E-state index in [1.807, 2.05) is 64.5 Å². The number of piperazine rings is 1. The average molecular weight is 472 g/mol. The zero-order valence-corrected chi connectivity index (χ0v) is 19.8. The number of carbonyl (C=O) groups excluding carboxylic acids is 1. The Labute approximate surface area is 205 Å². The molecule has 0 radical (unpaired) electrons. The highest BCUT2D eigenvalue weighted by molar-refractivity contribution is 5.81. The molecule has 2 saturated heterocycles. The first-order valence-corrected chi connectivity index (χ1v) is 11.8. The second-order valence-electron chi connectivity index (χ2n) is 8.51. The molecular weight excluding hydrogens is 442 g/mol. The van der Waals surface area contributed by atoms with Crippen LogP contribution in [-0.4, -0.2) is 49.7 Å². The van der Waals surface area contributed by atoms with Crippen molar-refractivity contribution >= 4 is 29.0 Å². The van der Waals surface area contributed by atoms with Crippen LogP contribution in [0.15, 0.2) is 83.9 Å². The van der Waals surface area contributed by atoms with E-state index in [0.717, 1.165) is 54.6 Å². The Kier molecular flexibility index (Phi) is 6.70. The fourth-order valence-electron chi connectivity index (χ4n) is 4.10. The Morgan fingerprint density at radius 3 is 2.29 bits per heavy atom. The quantitative estimate of drug-likeness (QED) is 0.588. The van der Waals surface area contributed by atoms with Gasteiger partial charge < -0.3 is 19.3 Å². The number of nitrogens with zero attached hydrogens (tertiary/aromatic N) is 4. The third-order valence-corrected chi connectivity index (χ3v) is 6.13. The molecule has 2 aliphatic heterocycles. The van der Waals surface area contributed by atoms with E-state index in [4.69, 9.17) is 9.47 Å². The summed E-state index contributed by atoms with van der Waals surface area (Å²) in [5.74, 6) is 0.937. The number of hydrogen-bond acceptors (Lipinski definition) is 6. The molecule has 0 aliphatic carbocycles. The zero-order valence-electron chi connectivity index (χ0n) is 19.8. The number of hydrogen-bond donors (Lipinski definition) is 1. The molecule has 3 aromatic carbocycles. The molecule has 2 heterocycles. The van der Waals surface area contributed by atoms with Crippen molar-refractivity contribution in [3.05, 3.63) is 84.4 Å². The third kappa shape index (κ3) is 5.66. The highest BCUT2D eigenvalue weighted by atomic mass is 16.5. The Bertz CT molecular complexity index is 1160. The van der Waals surface area contributed by atoms with E-state index >= 15 is 0 Å². The van der Waals surface area contributed by atoms with Gasteiger partial charge in [-0.1, -0.05) is 30.3 Å². The third-order valence-electron chi connectivity index (χ3n) is 6.13. The van der Waals surface area contributed by atoms with Gasteiger partial charge in [0.1, 0.15) is 12.4 Å². The normalized spacial score (nSPS) is 16.7. The maximum atomic E-state index is 11.5. The fraction of sp³-hybridized carbons (Fsp3) is 0.259. The fourth-order valence-corrected chi connectivity index (χ4v) is 4.10. The van der Waals surface area contributed by atoms with Crippen LogP contribution < -0.4 is 20.1 Å². The molecule has 0 atom stereocenters. The number of amides is 1. The molecule has 8 nitrogen and oxygen atoms in total. The van der Waals surface area contributed by atoms with Gasteiger partial charge in [0, 0.05) is 38.8 Å². The maximum absolute atomic E-state index is 11.5. The van der Waals surface area contributed by atoms with Gasteiger partial charge in [-0.25, -0.2) is 10.4 Å². The highest BCUT2D eigenvalue weighted by Gasteiger charge is 2.21. The molecule has 2 fully saturated rings. The molecule has 8 heteroatoms. The predicted octanol–water partition coefficient (Wildman–Crippen LogP) is 3.92. The number of aliphatic imine (C=N–C) groups is 1. The lowest BCUT2D eigenvalue weighted by Gasteiger charge is -2.35. The molecule has 2 aliphatic rings. The molecule has 180 valence electrons. The summed E-state index contributed by atoms with van der Waals surface area (Å²) in [5, 5.41) is 1.91. The summed E-state index contributed by atoms with van der Waals surface area (Å²) in [6.07, 6.45) is 0. The van der Waals surface area contributed by atoms with Crippen molar-refractivity contribution in [1.29, 1.82) is 0 Å². The number of nitrogens with one attached hydrogen (secondary N) is 1. The van der Waals surface area contributed by atoms with Gasteiger partial charge in [-0.05, 0) is 54.1 Å². The van der Waals surface area contributed by atoms with E-state index in [1.165, 1.54) is 0 Å². The summed E-state index contributed by atoms with van der Waals surface area (Å²) in [4.78, 5) is 20.3. The molecule has 35 heavy (non-hydrogen) atoms. The smallest absolute Gasteiger partial charge is 0.311 e. The van der Waals surface area contributed by atoms with Crippen molar-refractivity contribution in [2.45, 2.75) is 13.5 Å². The lowest BCUT2D eigenvalue weighted by atomic mass is 10.2. The van der Waals surface area contributed by atoms with E-state index in [-0.39, 0.29) is 5.91 Å². The van der Waals surface area contributed by atoms with Gasteiger partial charge in [0.05, 0.1) is 11.4 Å². The molecule has 1 N–H and O–H groups in total. The van der Waals surface area contributed by atoms with Crippen LogP contribution in [-0.2, 0) is 16.1 Å². The largest absolute Gasteiger partial charge is 0.489 e. The van der Waals surface area contributed by atoms with Crippen LogP contribution in [0.1, 0.15) is 12.5 Å². The van der Waals surface area contributed by atoms with E-state index in [2.05, 4.69) is 39.6 Å². The van der Waals surface area contributed by atoms with Crippen LogP contribution >= 0.6 is 0 Å². The Morgan fingerprint density at radius 1 is 0.914 bits per heavy atom. The average Bonchev–Trinajstić information content (AvgIpc) is 3.37. The van der Waals surface area contributed by atoms with Gasteiger partial charge in [-0.2, -0.15) is 4.99 Å². The first kappa shape index (κ1) is 22.6. The van der Waals surface area contributed by atoms with Crippen LogP contribution in [0.3, 0.4) is 0 Å². The first-order chi connectivity index (χ1) is 17.1. The predicted molar refractivity (Wildman–Crippen MR) is 137 cm³/mol. The zero-order chi connectivity index (χ0) is 24.0. The van der Waals surface area contributed by atoms with Gasteiger partial charge in [0.15, 0.2) is 6.73 Å². The van der Waals surface area contributed by atoms with E-state index in [0.29, 0.717) is 19.4 Å². The number of anilines is 2. The number of carbonyl (C=O) groups is 1. The van der Waals surface area contributed by atoms with Crippen LogP contribution in [0, 0.1) is 0 Å². The second-order valence-corrected chi connectivity index (χ2v) is 8.51. The van der Waals surface area contributed by atoms with E-state index in [1.54, 1.807) is 6.92 Å². The number of amidine groups is 1. The van der Waals surface area contributed by atoms with Crippen LogP contribution in [0.4, 0.5) is 17.1 Å². The minimum Gasteiger partial charge on any atom is -0.489 e. The van der Waals surface area contributed by atoms with Crippen LogP contribution in [0.5, 0.6) is 5.75 Å². The van der Waals surface area contributed by atoms with Crippen LogP contribution in [0.25, 0.3) is 0 Å². The molecule has 3 aromatic rings. The summed E-state index contributed by atoms with van der Waals surface area (Å²) in [7, 11) is 0. The monoisotopic (exact) mass is 471 g/mol. The summed E-state index contributed by atoms with van der Waals surface area (Å²) in [5.41, 5.74) is 7.26. The number of ether oxygens (including phenoxy) is 2. The second kappa shape index (κ2) is 10.4. The summed E-state index contributed by atoms with van der Waals surface area (Å²) < 4.78 is 11.6. The van der Waals surface area contributed by atoms with Gasteiger partial charge in [0.25, 0.3) is 0 Å². The maximum Gasteiger partial charge on any atom is 0.311 e.